The fraction of sp³-hybridized carbons (Fsp3) is 0.385. The van der Waals surface area contributed by atoms with Crippen molar-refractivity contribution in [3.05, 3.63) is 83.2 Å². The van der Waals surface area contributed by atoms with Crippen molar-refractivity contribution in [1.29, 1.82) is 0 Å². The van der Waals surface area contributed by atoms with Gasteiger partial charge in [0.05, 0.1) is 23.3 Å². The van der Waals surface area contributed by atoms with Crippen molar-refractivity contribution in [2.45, 2.75) is 43.5 Å². The Balaban J connectivity index is 1.30. The largest absolute Gasteiger partial charge is 0.339 e. The summed E-state index contributed by atoms with van der Waals surface area (Å²) in [4.78, 5) is 15.5. The monoisotopic (exact) mass is 478 g/mol. The first-order valence-corrected chi connectivity index (χ1v) is 13.2. The molecule has 0 bridgehead atoms. The summed E-state index contributed by atoms with van der Waals surface area (Å²) in [5, 5.41) is 4.53. The molecule has 0 unspecified atom stereocenters. The van der Waals surface area contributed by atoms with Crippen molar-refractivity contribution in [2.24, 2.45) is 0 Å². The highest BCUT2D eigenvalue weighted by Gasteiger charge is 2.53. The molecule has 1 saturated carbocycles. The zero-order valence-corrected chi connectivity index (χ0v) is 20.5. The van der Waals surface area contributed by atoms with E-state index in [2.05, 4.69) is 5.10 Å². The van der Waals surface area contributed by atoms with Crippen molar-refractivity contribution in [3.63, 3.8) is 0 Å². The molecule has 34 heavy (non-hydrogen) atoms. The topological polar surface area (TPSA) is 75.5 Å². The van der Waals surface area contributed by atoms with Crippen LogP contribution >= 0.6 is 0 Å². The predicted molar refractivity (Wildman–Crippen MR) is 130 cm³/mol. The van der Waals surface area contributed by atoms with E-state index in [-0.39, 0.29) is 10.8 Å². The average Bonchev–Trinajstić information content (AvgIpc) is 3.61. The Morgan fingerprint density at radius 2 is 1.50 bits per heavy atom. The highest BCUT2D eigenvalue weighted by Crippen LogP contribution is 2.49. The van der Waals surface area contributed by atoms with E-state index in [4.69, 9.17) is 0 Å². The molecule has 2 heterocycles. The number of rotatable bonds is 6. The highest BCUT2D eigenvalue weighted by molar-refractivity contribution is 7.89. The van der Waals surface area contributed by atoms with Crippen molar-refractivity contribution in [1.82, 2.24) is 19.0 Å². The number of sulfonamides is 1. The SMILES string of the molecule is Cc1nn(Cc2ccccc2)c(C)c1S(=O)(=O)N1CCN(C(=O)C2(c3ccccc3)CC2)CC1. The lowest BCUT2D eigenvalue weighted by Gasteiger charge is -2.36. The van der Waals surface area contributed by atoms with Crippen LogP contribution < -0.4 is 0 Å². The van der Waals surface area contributed by atoms with Crippen LogP contribution in [0.5, 0.6) is 0 Å². The Morgan fingerprint density at radius 1 is 0.912 bits per heavy atom. The van der Waals surface area contributed by atoms with E-state index in [0.29, 0.717) is 44.1 Å². The second-order valence-corrected chi connectivity index (χ2v) is 11.2. The van der Waals surface area contributed by atoms with E-state index >= 15 is 0 Å². The summed E-state index contributed by atoms with van der Waals surface area (Å²) in [7, 11) is -3.70. The molecule has 2 aliphatic rings. The van der Waals surface area contributed by atoms with Crippen LogP contribution in [0.15, 0.2) is 65.6 Å². The Kier molecular flexibility index (Phi) is 5.81. The molecule has 3 aromatic rings. The molecule has 1 aliphatic carbocycles. The molecular formula is C26H30N4O3S. The number of benzene rings is 2. The number of amides is 1. The average molecular weight is 479 g/mol. The zero-order chi connectivity index (χ0) is 23.9. The van der Waals surface area contributed by atoms with E-state index in [1.165, 1.54) is 4.31 Å². The van der Waals surface area contributed by atoms with Gasteiger partial charge in [-0.05, 0) is 37.8 Å². The third kappa shape index (κ3) is 3.95. The van der Waals surface area contributed by atoms with Gasteiger partial charge < -0.3 is 4.90 Å². The highest BCUT2D eigenvalue weighted by atomic mass is 32.2. The minimum atomic E-state index is -3.70. The van der Waals surface area contributed by atoms with Crippen molar-refractivity contribution in [3.8, 4) is 0 Å². The molecule has 7 nitrogen and oxygen atoms in total. The summed E-state index contributed by atoms with van der Waals surface area (Å²) < 4.78 is 30.4. The number of piperazine rings is 1. The van der Waals surface area contributed by atoms with Gasteiger partial charge in [0.1, 0.15) is 4.90 Å². The standard InChI is InChI=1S/C26H30N4O3S/c1-20-24(21(2)30(27-20)19-22-9-5-3-6-10-22)34(32,33)29-17-15-28(16-18-29)25(31)26(13-14-26)23-11-7-4-8-12-23/h3-12H,13-19H2,1-2H3. The molecule has 8 heteroatoms. The van der Waals surface area contributed by atoms with Gasteiger partial charge in [-0.3, -0.25) is 9.48 Å². The molecule has 2 fully saturated rings. The zero-order valence-electron chi connectivity index (χ0n) is 19.6. The van der Waals surface area contributed by atoms with Gasteiger partial charge in [-0.15, -0.1) is 0 Å². The Morgan fingerprint density at radius 3 is 2.09 bits per heavy atom. The predicted octanol–water partition coefficient (Wildman–Crippen LogP) is 3.11. The van der Waals surface area contributed by atoms with Crippen LogP contribution in [-0.4, -0.2) is 59.5 Å². The van der Waals surface area contributed by atoms with Crippen LogP contribution in [0.25, 0.3) is 0 Å². The van der Waals surface area contributed by atoms with Crippen LogP contribution in [0, 0.1) is 13.8 Å². The number of aryl methyl sites for hydroxylation is 1. The fourth-order valence-electron chi connectivity index (χ4n) is 5.04. The van der Waals surface area contributed by atoms with Crippen LogP contribution in [0.3, 0.4) is 0 Å². The molecule has 0 atom stereocenters. The molecule has 1 aliphatic heterocycles. The van der Waals surface area contributed by atoms with Gasteiger partial charge in [-0.1, -0.05) is 60.7 Å². The van der Waals surface area contributed by atoms with Gasteiger partial charge in [0.15, 0.2) is 0 Å². The number of aromatic nitrogens is 2. The molecular weight excluding hydrogens is 448 g/mol. The molecule has 0 radical (unpaired) electrons. The fourth-order valence-corrected chi connectivity index (χ4v) is 6.83. The summed E-state index contributed by atoms with van der Waals surface area (Å²) in [6, 6.07) is 19.8. The van der Waals surface area contributed by atoms with Crippen LogP contribution in [0.4, 0.5) is 0 Å². The minimum absolute atomic E-state index is 0.124. The first kappa shape index (κ1) is 22.8. The summed E-state index contributed by atoms with van der Waals surface area (Å²) in [5.41, 5.74) is 2.85. The maximum atomic E-state index is 13.6. The lowest BCUT2D eigenvalue weighted by molar-refractivity contribution is -0.135. The second-order valence-electron chi connectivity index (χ2n) is 9.29. The van der Waals surface area contributed by atoms with E-state index < -0.39 is 15.4 Å². The van der Waals surface area contributed by atoms with E-state index in [1.54, 1.807) is 11.6 Å². The maximum Gasteiger partial charge on any atom is 0.246 e. The molecule has 5 rings (SSSR count). The van der Waals surface area contributed by atoms with Gasteiger partial charge in [-0.2, -0.15) is 9.40 Å². The molecule has 0 spiro atoms. The quantitative estimate of drug-likeness (QED) is 0.546. The van der Waals surface area contributed by atoms with Crippen LogP contribution in [-0.2, 0) is 26.8 Å². The minimum Gasteiger partial charge on any atom is -0.339 e. The number of hydrogen-bond acceptors (Lipinski definition) is 4. The molecule has 1 aromatic heterocycles. The third-order valence-corrected chi connectivity index (χ3v) is 9.25. The number of hydrogen-bond donors (Lipinski definition) is 0. The molecule has 178 valence electrons. The summed E-state index contributed by atoms with van der Waals surface area (Å²) in [6.07, 6.45) is 1.71. The molecule has 2 aromatic carbocycles. The van der Waals surface area contributed by atoms with E-state index in [9.17, 15) is 13.2 Å². The smallest absolute Gasteiger partial charge is 0.246 e. The van der Waals surface area contributed by atoms with Crippen LogP contribution in [0.2, 0.25) is 0 Å². The maximum absolute atomic E-state index is 13.6. The van der Waals surface area contributed by atoms with Crippen molar-refractivity contribution in [2.75, 3.05) is 26.2 Å². The Hall–Kier alpha value is -2.97. The summed E-state index contributed by atoms with van der Waals surface area (Å²) >= 11 is 0. The first-order chi connectivity index (χ1) is 16.3. The van der Waals surface area contributed by atoms with Gasteiger partial charge in [0.2, 0.25) is 15.9 Å². The summed E-state index contributed by atoms with van der Waals surface area (Å²) in [6.45, 7) is 5.48. The number of nitrogens with zero attached hydrogens (tertiary/aromatic N) is 4. The van der Waals surface area contributed by atoms with Crippen molar-refractivity contribution < 1.29 is 13.2 Å². The molecule has 0 N–H and O–H groups in total. The van der Waals surface area contributed by atoms with Crippen LogP contribution in [0.1, 0.15) is 35.4 Å². The Bertz CT molecular complexity index is 1290. The lowest BCUT2D eigenvalue weighted by atomic mass is 9.94. The lowest BCUT2D eigenvalue weighted by Crippen LogP contribution is -2.53. The van der Waals surface area contributed by atoms with Gasteiger partial charge in [-0.25, -0.2) is 8.42 Å². The van der Waals surface area contributed by atoms with E-state index in [1.807, 2.05) is 72.5 Å². The Labute approximate surface area is 201 Å². The normalized spacial score (nSPS) is 18.1. The summed E-state index contributed by atoms with van der Waals surface area (Å²) in [5.74, 6) is 0.124. The number of carbonyl (C=O) groups excluding carboxylic acids is 1. The molecule has 1 saturated heterocycles. The van der Waals surface area contributed by atoms with Gasteiger partial charge in [0, 0.05) is 26.2 Å². The second kappa shape index (κ2) is 8.67. The van der Waals surface area contributed by atoms with Crippen molar-refractivity contribution >= 4 is 15.9 Å². The first-order valence-electron chi connectivity index (χ1n) is 11.8. The number of carbonyl (C=O) groups is 1. The third-order valence-electron chi connectivity index (χ3n) is 7.10. The molecule has 1 amide bonds. The van der Waals surface area contributed by atoms with Gasteiger partial charge >= 0.3 is 0 Å². The van der Waals surface area contributed by atoms with E-state index in [0.717, 1.165) is 24.0 Å². The van der Waals surface area contributed by atoms with Gasteiger partial charge in [0.25, 0.3) is 0 Å².